The van der Waals surface area contributed by atoms with E-state index in [2.05, 4.69) is 116 Å². The first-order valence-corrected chi connectivity index (χ1v) is 18.9. The van der Waals surface area contributed by atoms with E-state index in [0.717, 1.165) is 16.9 Å². The second-order valence-corrected chi connectivity index (χ2v) is 18.5. The van der Waals surface area contributed by atoms with Gasteiger partial charge >= 0.3 is 36.9 Å². The summed E-state index contributed by atoms with van der Waals surface area (Å²) in [6, 6.07) is 20.8. The van der Waals surface area contributed by atoms with E-state index < -0.39 is 8.07 Å². The zero-order chi connectivity index (χ0) is 34.4. The SMILES string of the molecule is COc1c(C(C)(C)C)cc(C)cc1[Si](C)(C)[c-]1c(C)c(C)c(C)c1C.[CH2-]c1ccccc1N(C)C.[CH2-]c1ccccc1N(C)C.[Lu+3]. The Hall–Kier alpha value is -2.40. The smallest absolute Gasteiger partial charge is 0.497 e. The van der Waals surface area contributed by atoms with Crippen LogP contribution in [0.2, 0.25) is 13.1 Å². The van der Waals surface area contributed by atoms with Crippen molar-refractivity contribution in [1.29, 1.82) is 0 Å². The van der Waals surface area contributed by atoms with Crippen molar-refractivity contribution in [3.05, 3.63) is 119 Å². The summed E-state index contributed by atoms with van der Waals surface area (Å²) in [5.74, 6) is 1.10. The summed E-state index contributed by atoms with van der Waals surface area (Å²) in [7, 11) is 8.01. The van der Waals surface area contributed by atoms with E-state index in [4.69, 9.17) is 4.74 Å². The second kappa shape index (κ2) is 17.1. The minimum absolute atomic E-state index is 0. The van der Waals surface area contributed by atoms with Gasteiger partial charge in [0.1, 0.15) is 5.75 Å². The molecule has 0 bridgehead atoms. The van der Waals surface area contributed by atoms with Gasteiger partial charge in [-0.05, 0) is 51.3 Å². The number of benzene rings is 3. The summed E-state index contributed by atoms with van der Waals surface area (Å²) >= 11 is 0. The fourth-order valence-corrected chi connectivity index (χ4v) is 10.1. The summed E-state index contributed by atoms with van der Waals surface area (Å²) in [5.41, 5.74) is 13.1. The largest absolute Gasteiger partial charge is 3.00 e. The van der Waals surface area contributed by atoms with Crippen molar-refractivity contribution >= 4 is 29.8 Å². The molecule has 0 radical (unpaired) electrons. The molecular weight excluding hydrogens is 740 g/mol. The molecule has 258 valence electrons. The molecule has 46 heavy (non-hydrogen) atoms. The number of aryl methyl sites for hydroxylation is 1. The van der Waals surface area contributed by atoms with E-state index in [0.29, 0.717) is 0 Å². The Balaban J connectivity index is 0.000000413. The normalized spacial score (nSPS) is 10.9. The van der Waals surface area contributed by atoms with E-state index in [1.165, 1.54) is 49.9 Å². The first kappa shape index (κ1) is 41.6. The van der Waals surface area contributed by atoms with E-state index in [9.17, 15) is 0 Å². The van der Waals surface area contributed by atoms with Crippen LogP contribution in [-0.4, -0.2) is 43.4 Å². The maximum atomic E-state index is 6.02. The maximum absolute atomic E-state index is 6.02. The molecule has 0 aliphatic rings. The Bertz CT molecular complexity index is 1500. The van der Waals surface area contributed by atoms with Crippen molar-refractivity contribution in [2.75, 3.05) is 45.1 Å². The van der Waals surface area contributed by atoms with Crippen LogP contribution in [0.5, 0.6) is 5.75 Å². The molecule has 0 unspecified atom stereocenters. The van der Waals surface area contributed by atoms with Crippen LogP contribution in [0.15, 0.2) is 60.7 Å². The van der Waals surface area contributed by atoms with Crippen LogP contribution < -0.4 is 24.9 Å². The molecule has 0 aliphatic carbocycles. The van der Waals surface area contributed by atoms with E-state index >= 15 is 0 Å². The van der Waals surface area contributed by atoms with Crippen LogP contribution >= 0.6 is 0 Å². The number of ether oxygens (including phenoxy) is 1. The molecule has 4 aromatic rings. The van der Waals surface area contributed by atoms with Gasteiger partial charge in [0.15, 0.2) is 0 Å². The molecule has 5 heteroatoms. The molecule has 0 aromatic heterocycles. The number of nitrogens with zero attached hydrogens (tertiary/aromatic N) is 2. The van der Waals surface area contributed by atoms with Crippen molar-refractivity contribution < 1.29 is 41.6 Å². The Labute approximate surface area is 312 Å². The molecule has 4 aromatic carbocycles. The summed E-state index contributed by atoms with van der Waals surface area (Å²) in [6.45, 7) is 30.9. The minimum Gasteiger partial charge on any atom is -0.497 e. The Morgan fingerprint density at radius 2 is 1.09 bits per heavy atom. The quantitative estimate of drug-likeness (QED) is 0.148. The predicted molar refractivity (Wildman–Crippen MR) is 205 cm³/mol. The Morgan fingerprint density at radius 1 is 0.696 bits per heavy atom. The summed E-state index contributed by atoms with van der Waals surface area (Å²) in [5, 5.41) is 3.02. The van der Waals surface area contributed by atoms with E-state index in [1.807, 2.05) is 71.7 Å². The van der Waals surface area contributed by atoms with Gasteiger partial charge in [-0.25, -0.2) is 0 Å². The molecule has 0 amide bonds. The van der Waals surface area contributed by atoms with Crippen LogP contribution in [0.3, 0.4) is 0 Å². The second-order valence-electron chi connectivity index (χ2n) is 14.2. The van der Waals surface area contributed by atoms with E-state index in [-0.39, 0.29) is 42.3 Å². The molecule has 3 nitrogen and oxygen atoms in total. The fourth-order valence-electron chi connectivity index (χ4n) is 6.20. The first-order valence-electron chi connectivity index (χ1n) is 15.9. The van der Waals surface area contributed by atoms with Gasteiger partial charge in [-0.15, -0.1) is 17.3 Å². The standard InChI is InChI=1S/C23H35OSi.2C9H12N.Lu/c1-14-12-19(23(6,7)8)21(24-9)20(13-14)25(10,11)22-17(4)15(2)16(3)18(22)5;2*1-8-6-4-5-7-9(8)10(2)3;/h12-13H,1-11H3;2*4-7H,1H2,2-3H3;/q3*-1;+3. The van der Waals surface area contributed by atoms with E-state index in [1.54, 1.807) is 5.19 Å². The average molecular weight is 799 g/mol. The topological polar surface area (TPSA) is 15.7 Å². The summed E-state index contributed by atoms with van der Waals surface area (Å²) in [4.78, 5) is 4.12. The maximum Gasteiger partial charge on any atom is 3.00 e. The van der Waals surface area contributed by atoms with Gasteiger partial charge in [-0.3, -0.25) is 0 Å². The summed E-state index contributed by atoms with van der Waals surface area (Å²) < 4.78 is 6.02. The van der Waals surface area contributed by atoms with Crippen LogP contribution in [0.4, 0.5) is 11.4 Å². The number of anilines is 2. The number of hydrogen-bond acceptors (Lipinski definition) is 3. The molecular formula is C41H59LuN2OSi. The molecule has 0 aliphatic heterocycles. The van der Waals surface area contributed by atoms with Gasteiger partial charge in [0.25, 0.3) is 0 Å². The molecule has 0 saturated heterocycles. The zero-order valence-electron chi connectivity index (χ0n) is 31.2. The molecule has 0 heterocycles. The van der Waals surface area contributed by atoms with Gasteiger partial charge in [-0.1, -0.05) is 115 Å². The van der Waals surface area contributed by atoms with Crippen molar-refractivity contribution in [1.82, 2.24) is 0 Å². The van der Waals surface area contributed by atoms with Gasteiger partial charge in [0.05, 0.1) is 15.2 Å². The first-order chi connectivity index (χ1) is 20.8. The van der Waals surface area contributed by atoms with Crippen LogP contribution in [-0.2, 0) is 5.41 Å². The van der Waals surface area contributed by atoms with Crippen LogP contribution in [0, 0.1) is 85.3 Å². The van der Waals surface area contributed by atoms with Gasteiger partial charge in [-0.2, -0.15) is 59.4 Å². The molecule has 0 atom stereocenters. The monoisotopic (exact) mass is 798 g/mol. The van der Waals surface area contributed by atoms with Crippen molar-refractivity contribution in [2.45, 2.75) is 73.9 Å². The van der Waals surface area contributed by atoms with Crippen molar-refractivity contribution in [3.8, 4) is 5.75 Å². The predicted octanol–water partition coefficient (Wildman–Crippen LogP) is 8.95. The number of methoxy groups -OCH3 is 1. The summed E-state index contributed by atoms with van der Waals surface area (Å²) in [6.07, 6.45) is 0. The molecule has 0 fully saturated rings. The van der Waals surface area contributed by atoms with Crippen molar-refractivity contribution in [2.24, 2.45) is 0 Å². The average Bonchev–Trinajstić information content (AvgIpc) is 3.15. The molecule has 0 N–H and O–H groups in total. The van der Waals surface area contributed by atoms with Crippen LogP contribution in [0.1, 0.15) is 65.3 Å². The molecule has 0 saturated carbocycles. The zero-order valence-corrected chi connectivity index (χ0v) is 33.9. The Kier molecular flexibility index (Phi) is 15.5. The minimum atomic E-state index is -1.89. The number of para-hydroxylation sites is 2. The van der Waals surface area contributed by atoms with Gasteiger partial charge in [0.2, 0.25) is 0 Å². The molecule has 4 rings (SSSR count). The molecule has 0 spiro atoms. The third-order valence-electron chi connectivity index (χ3n) is 8.93. The Morgan fingerprint density at radius 3 is 1.39 bits per heavy atom. The number of rotatable bonds is 5. The van der Waals surface area contributed by atoms with Crippen LogP contribution in [0.25, 0.3) is 0 Å². The fraction of sp³-hybridized carbons (Fsp3) is 0.390. The van der Waals surface area contributed by atoms with Crippen molar-refractivity contribution in [3.63, 3.8) is 0 Å². The third-order valence-corrected chi connectivity index (χ3v) is 12.6. The van der Waals surface area contributed by atoms with Gasteiger partial charge < -0.3 is 14.5 Å². The van der Waals surface area contributed by atoms with Gasteiger partial charge in [0, 0.05) is 0 Å². The third kappa shape index (κ3) is 9.81. The number of hydrogen-bond donors (Lipinski definition) is 0.